The number of halogens is 6. The number of alkyl halides is 6. The molecule has 0 atom stereocenters. The van der Waals surface area contributed by atoms with E-state index in [0.29, 0.717) is 12.5 Å². The lowest BCUT2D eigenvalue weighted by atomic mass is 9.80. The fourth-order valence-corrected chi connectivity index (χ4v) is 2.00. The zero-order valence-electron chi connectivity index (χ0n) is 9.20. The monoisotopic (exact) mass is 281 g/mol. The van der Waals surface area contributed by atoms with Crippen molar-refractivity contribution in [1.82, 2.24) is 9.55 Å². The lowest BCUT2D eigenvalue weighted by molar-refractivity contribution is -0.320. The molecule has 19 heavy (non-hydrogen) atoms. The lowest BCUT2D eigenvalue weighted by Crippen LogP contribution is -2.61. The van der Waals surface area contributed by atoms with Gasteiger partial charge in [-0.25, -0.2) is 4.98 Å². The maximum Gasteiger partial charge on any atom is 0.421 e. The minimum Gasteiger partial charge on any atom is -0.314 e. The van der Waals surface area contributed by atoms with Crippen molar-refractivity contribution in [3.05, 3.63) is 50.3 Å². The standard InChI is InChI=1S/C11H7F6N2/c12-10(13,14)9(11(15,16)17,8-3-1-2-4-8)19-6-5-18-7-19/h1-7H. The van der Waals surface area contributed by atoms with Crippen molar-refractivity contribution in [2.75, 3.05) is 0 Å². The smallest absolute Gasteiger partial charge is 0.314 e. The predicted molar refractivity (Wildman–Crippen MR) is 52.8 cm³/mol. The SMILES string of the molecule is FC(F)(F)C([C]1[CH][CH][CH][CH]1)(n1ccnc1)C(F)(F)F. The summed E-state index contributed by atoms with van der Waals surface area (Å²) in [6, 6.07) is 0. The van der Waals surface area contributed by atoms with E-state index in [9.17, 15) is 26.3 Å². The Morgan fingerprint density at radius 1 is 0.895 bits per heavy atom. The molecule has 1 aromatic rings. The van der Waals surface area contributed by atoms with Gasteiger partial charge in [-0.05, 0) is 25.7 Å². The van der Waals surface area contributed by atoms with Gasteiger partial charge in [-0.15, -0.1) is 0 Å². The zero-order valence-corrected chi connectivity index (χ0v) is 9.20. The van der Waals surface area contributed by atoms with E-state index in [0.717, 1.165) is 31.9 Å². The lowest BCUT2D eigenvalue weighted by Gasteiger charge is -2.42. The van der Waals surface area contributed by atoms with Crippen LogP contribution in [0, 0.1) is 31.6 Å². The molecule has 1 heterocycles. The van der Waals surface area contributed by atoms with Gasteiger partial charge in [-0.3, -0.25) is 0 Å². The average molecular weight is 281 g/mol. The molecule has 1 fully saturated rings. The van der Waals surface area contributed by atoms with E-state index in [1.54, 1.807) is 0 Å². The Bertz CT molecular complexity index is 399. The third-order valence-corrected chi connectivity index (χ3v) is 2.79. The van der Waals surface area contributed by atoms with Crippen LogP contribution in [0.3, 0.4) is 0 Å². The summed E-state index contributed by atoms with van der Waals surface area (Å²) in [4.78, 5) is 3.29. The van der Waals surface area contributed by atoms with Gasteiger partial charge in [-0.2, -0.15) is 26.3 Å². The molecular formula is C11H7F6N2. The van der Waals surface area contributed by atoms with Gasteiger partial charge in [0, 0.05) is 18.3 Å². The number of hydrogen-bond donors (Lipinski definition) is 0. The van der Waals surface area contributed by atoms with E-state index < -0.39 is 23.8 Å². The van der Waals surface area contributed by atoms with Crippen LogP contribution in [0.15, 0.2) is 18.7 Å². The van der Waals surface area contributed by atoms with Gasteiger partial charge >= 0.3 is 12.4 Å². The molecule has 0 unspecified atom stereocenters. The number of nitrogens with zero attached hydrogens (tertiary/aromatic N) is 2. The third kappa shape index (κ3) is 2.01. The van der Waals surface area contributed by atoms with Crippen LogP contribution in [-0.4, -0.2) is 21.9 Å². The highest BCUT2D eigenvalue weighted by Gasteiger charge is 2.75. The van der Waals surface area contributed by atoms with E-state index in [1.165, 1.54) is 0 Å². The van der Waals surface area contributed by atoms with E-state index in [4.69, 9.17) is 0 Å². The topological polar surface area (TPSA) is 17.8 Å². The molecule has 0 N–H and O–H groups in total. The first-order valence-electron chi connectivity index (χ1n) is 5.05. The molecule has 1 aliphatic rings. The van der Waals surface area contributed by atoms with Crippen LogP contribution in [0.1, 0.15) is 0 Å². The van der Waals surface area contributed by atoms with Crippen molar-refractivity contribution in [2.45, 2.75) is 17.9 Å². The Labute approximate surface area is 105 Å². The second kappa shape index (κ2) is 4.42. The molecular weight excluding hydrogens is 274 g/mol. The van der Waals surface area contributed by atoms with Gasteiger partial charge in [0.05, 0.1) is 6.33 Å². The van der Waals surface area contributed by atoms with Gasteiger partial charge in [0.1, 0.15) is 0 Å². The first-order valence-corrected chi connectivity index (χ1v) is 5.05. The highest BCUT2D eigenvalue weighted by molar-refractivity contribution is 5.43. The Balaban J connectivity index is 2.64. The summed E-state index contributed by atoms with van der Waals surface area (Å²) in [5, 5.41) is 0. The van der Waals surface area contributed by atoms with Crippen molar-refractivity contribution in [3.63, 3.8) is 0 Å². The first-order chi connectivity index (χ1) is 8.71. The Morgan fingerprint density at radius 3 is 1.79 bits per heavy atom. The summed E-state index contributed by atoms with van der Waals surface area (Å²) in [6.07, 6.45) is -5.25. The van der Waals surface area contributed by atoms with Crippen LogP contribution in [0.4, 0.5) is 26.3 Å². The van der Waals surface area contributed by atoms with Crippen molar-refractivity contribution in [2.24, 2.45) is 0 Å². The van der Waals surface area contributed by atoms with Crippen molar-refractivity contribution >= 4 is 0 Å². The van der Waals surface area contributed by atoms with Crippen LogP contribution in [-0.2, 0) is 5.54 Å². The summed E-state index contributed by atoms with van der Waals surface area (Å²) in [5.41, 5.74) is -4.12. The molecule has 1 aromatic heterocycles. The van der Waals surface area contributed by atoms with Crippen LogP contribution in [0.25, 0.3) is 0 Å². The quantitative estimate of drug-likeness (QED) is 0.762. The normalized spacial score (nSPS) is 19.1. The number of aromatic nitrogens is 2. The zero-order chi connectivity index (χ0) is 14.3. The van der Waals surface area contributed by atoms with Crippen LogP contribution < -0.4 is 0 Å². The molecule has 0 aromatic carbocycles. The summed E-state index contributed by atoms with van der Waals surface area (Å²) in [6.45, 7) is 0. The summed E-state index contributed by atoms with van der Waals surface area (Å²) in [7, 11) is 0. The maximum atomic E-state index is 13.2. The Morgan fingerprint density at radius 2 is 1.42 bits per heavy atom. The largest absolute Gasteiger partial charge is 0.421 e. The molecule has 0 aliphatic heterocycles. The molecule has 5 radical (unpaired) electrons. The second-order valence-electron chi connectivity index (χ2n) is 3.85. The number of hydrogen-bond acceptors (Lipinski definition) is 1. The molecule has 8 heteroatoms. The van der Waals surface area contributed by atoms with Gasteiger partial charge in [0.25, 0.3) is 0 Å². The van der Waals surface area contributed by atoms with Crippen molar-refractivity contribution < 1.29 is 26.3 Å². The van der Waals surface area contributed by atoms with Gasteiger partial charge in [0.15, 0.2) is 0 Å². The Kier molecular flexibility index (Phi) is 3.30. The average Bonchev–Trinajstić information content (AvgIpc) is 2.85. The van der Waals surface area contributed by atoms with Gasteiger partial charge in [0.2, 0.25) is 5.54 Å². The minimum absolute atomic E-state index is 0.0301. The van der Waals surface area contributed by atoms with E-state index in [-0.39, 0.29) is 4.57 Å². The van der Waals surface area contributed by atoms with Crippen molar-refractivity contribution in [3.8, 4) is 0 Å². The molecule has 1 aliphatic carbocycles. The van der Waals surface area contributed by atoms with E-state index in [2.05, 4.69) is 4.98 Å². The molecule has 0 saturated heterocycles. The molecule has 2 rings (SSSR count). The maximum absolute atomic E-state index is 13.2. The first kappa shape index (κ1) is 14.2. The molecule has 2 nitrogen and oxygen atoms in total. The summed E-state index contributed by atoms with van der Waals surface area (Å²) in [5.74, 6) is -0.898. The number of rotatable bonds is 2. The fraction of sp³-hybridized carbons (Fsp3) is 0.273. The van der Waals surface area contributed by atoms with Crippen LogP contribution in [0.2, 0.25) is 0 Å². The molecule has 0 bridgehead atoms. The third-order valence-electron chi connectivity index (χ3n) is 2.79. The van der Waals surface area contributed by atoms with Crippen molar-refractivity contribution in [1.29, 1.82) is 0 Å². The van der Waals surface area contributed by atoms with E-state index >= 15 is 0 Å². The molecule has 0 amide bonds. The second-order valence-corrected chi connectivity index (χ2v) is 3.85. The molecule has 103 valence electrons. The minimum atomic E-state index is -5.56. The fourth-order valence-electron chi connectivity index (χ4n) is 2.00. The van der Waals surface area contributed by atoms with Gasteiger partial charge in [-0.1, -0.05) is 0 Å². The van der Waals surface area contributed by atoms with Gasteiger partial charge < -0.3 is 4.57 Å². The molecule has 0 spiro atoms. The van der Waals surface area contributed by atoms with Crippen LogP contribution in [0.5, 0.6) is 0 Å². The summed E-state index contributed by atoms with van der Waals surface area (Å²) >= 11 is 0. The molecule has 1 saturated carbocycles. The number of imidazole rings is 1. The highest BCUT2D eigenvalue weighted by Crippen LogP contribution is 2.57. The highest BCUT2D eigenvalue weighted by atomic mass is 19.4. The van der Waals surface area contributed by atoms with E-state index in [1.807, 2.05) is 0 Å². The summed E-state index contributed by atoms with van der Waals surface area (Å²) < 4.78 is 79.4. The predicted octanol–water partition coefficient (Wildman–Crippen LogP) is 3.11. The Hall–Kier alpha value is -1.21. The van der Waals surface area contributed by atoms with Crippen LogP contribution >= 0.6 is 0 Å².